The van der Waals surface area contributed by atoms with Gasteiger partial charge in [-0.2, -0.15) is 5.10 Å². The first-order valence-corrected chi connectivity index (χ1v) is 9.84. The molecule has 158 valence electrons. The maximum absolute atomic E-state index is 13.1. The van der Waals surface area contributed by atoms with Crippen molar-refractivity contribution in [2.24, 2.45) is 5.10 Å². The molecule has 0 saturated heterocycles. The lowest BCUT2D eigenvalue weighted by atomic mass is 9.97. The van der Waals surface area contributed by atoms with Gasteiger partial charge in [0.05, 0.1) is 18.9 Å². The van der Waals surface area contributed by atoms with Crippen molar-refractivity contribution in [1.82, 2.24) is 9.91 Å². The molecule has 3 rings (SSSR count). The van der Waals surface area contributed by atoms with Crippen molar-refractivity contribution in [3.8, 4) is 5.75 Å². The SMILES string of the molecule is COCC(=O)N(C)CC(=O)N1N=C(c2ccccc2Cl)CC1c1ccccc1OC. The quantitative estimate of drug-likeness (QED) is 0.678. The van der Waals surface area contributed by atoms with E-state index in [2.05, 4.69) is 5.10 Å². The maximum Gasteiger partial charge on any atom is 0.262 e. The zero-order valence-electron chi connectivity index (χ0n) is 17.2. The van der Waals surface area contributed by atoms with Crippen molar-refractivity contribution in [2.45, 2.75) is 12.5 Å². The van der Waals surface area contributed by atoms with Gasteiger partial charge in [0.1, 0.15) is 18.9 Å². The average Bonchev–Trinajstić information content (AvgIpc) is 3.19. The van der Waals surface area contributed by atoms with E-state index in [0.29, 0.717) is 22.9 Å². The molecule has 0 N–H and O–H groups in total. The third-order valence-corrected chi connectivity index (χ3v) is 5.24. The maximum atomic E-state index is 13.1. The minimum atomic E-state index is -0.370. The number of hydrogen-bond donors (Lipinski definition) is 0. The van der Waals surface area contributed by atoms with E-state index < -0.39 is 0 Å². The molecule has 0 aromatic heterocycles. The van der Waals surface area contributed by atoms with Crippen molar-refractivity contribution >= 4 is 29.1 Å². The summed E-state index contributed by atoms with van der Waals surface area (Å²) in [6.45, 7) is -0.207. The van der Waals surface area contributed by atoms with Crippen LogP contribution in [0.4, 0.5) is 0 Å². The lowest BCUT2D eigenvalue weighted by molar-refractivity contribution is -0.142. The summed E-state index contributed by atoms with van der Waals surface area (Å²) in [5, 5.41) is 6.59. The number of hydrogen-bond acceptors (Lipinski definition) is 5. The van der Waals surface area contributed by atoms with E-state index in [0.717, 1.165) is 11.1 Å². The van der Waals surface area contributed by atoms with Gasteiger partial charge in [-0.15, -0.1) is 0 Å². The molecule has 1 unspecified atom stereocenters. The molecule has 2 aromatic carbocycles. The molecule has 8 heteroatoms. The standard InChI is InChI=1S/C22H24ClN3O4/c1-25(22(28)14-29-2)13-21(27)26-19(16-9-5-7-11-20(16)30-3)12-18(24-26)15-8-4-6-10-17(15)23/h4-11,19H,12-14H2,1-3H3. The monoisotopic (exact) mass is 429 g/mol. The predicted octanol–water partition coefficient (Wildman–Crippen LogP) is 3.13. The molecule has 1 atom stereocenters. The molecule has 2 amide bonds. The highest BCUT2D eigenvalue weighted by atomic mass is 35.5. The fourth-order valence-corrected chi connectivity index (χ4v) is 3.62. The second-order valence-corrected chi connectivity index (χ2v) is 7.32. The van der Waals surface area contributed by atoms with Crippen LogP contribution in [-0.2, 0) is 14.3 Å². The smallest absolute Gasteiger partial charge is 0.262 e. The van der Waals surface area contributed by atoms with Crippen molar-refractivity contribution in [3.05, 3.63) is 64.7 Å². The van der Waals surface area contributed by atoms with Gasteiger partial charge in [0.2, 0.25) is 5.91 Å². The van der Waals surface area contributed by atoms with E-state index in [1.54, 1.807) is 20.2 Å². The van der Waals surface area contributed by atoms with E-state index in [9.17, 15) is 9.59 Å². The summed E-state index contributed by atoms with van der Waals surface area (Å²) >= 11 is 6.37. The number of carbonyl (C=O) groups excluding carboxylic acids is 2. The number of methoxy groups -OCH3 is 2. The minimum absolute atomic E-state index is 0.0894. The van der Waals surface area contributed by atoms with Crippen molar-refractivity contribution in [2.75, 3.05) is 34.4 Å². The van der Waals surface area contributed by atoms with Gasteiger partial charge < -0.3 is 14.4 Å². The first-order chi connectivity index (χ1) is 14.5. The Balaban J connectivity index is 1.94. The van der Waals surface area contributed by atoms with Crippen LogP contribution in [0.25, 0.3) is 0 Å². The highest BCUT2D eigenvalue weighted by Gasteiger charge is 2.35. The number of ether oxygens (including phenoxy) is 2. The van der Waals surface area contributed by atoms with Gasteiger partial charge in [-0.3, -0.25) is 9.59 Å². The molecule has 2 aromatic rings. The Hall–Kier alpha value is -2.90. The number of amides is 2. The number of benzene rings is 2. The Kier molecular flexibility index (Phi) is 7.07. The Morgan fingerprint density at radius 2 is 1.87 bits per heavy atom. The molecule has 0 aliphatic carbocycles. The lowest BCUT2D eigenvalue weighted by Gasteiger charge is -2.25. The minimum Gasteiger partial charge on any atom is -0.496 e. The number of nitrogens with zero attached hydrogens (tertiary/aromatic N) is 3. The third-order valence-electron chi connectivity index (χ3n) is 4.91. The van der Waals surface area contributed by atoms with Gasteiger partial charge in [0.25, 0.3) is 5.91 Å². The Morgan fingerprint density at radius 1 is 1.17 bits per heavy atom. The van der Waals surface area contributed by atoms with Crippen LogP contribution in [0.1, 0.15) is 23.6 Å². The fourth-order valence-electron chi connectivity index (χ4n) is 3.38. The van der Waals surface area contributed by atoms with E-state index in [1.807, 2.05) is 42.5 Å². The zero-order chi connectivity index (χ0) is 21.7. The van der Waals surface area contributed by atoms with Gasteiger partial charge in [-0.05, 0) is 12.1 Å². The molecule has 0 bridgehead atoms. The lowest BCUT2D eigenvalue weighted by Crippen LogP contribution is -2.40. The number of halogens is 1. The van der Waals surface area contributed by atoms with Crippen LogP contribution in [0.15, 0.2) is 53.6 Å². The van der Waals surface area contributed by atoms with Crippen LogP contribution in [0, 0.1) is 0 Å². The van der Waals surface area contributed by atoms with E-state index in [1.165, 1.54) is 17.0 Å². The number of carbonyl (C=O) groups is 2. The molecule has 1 heterocycles. The Labute approximate surface area is 180 Å². The number of likely N-dealkylation sites (N-methyl/N-ethyl adjacent to an activating group) is 1. The average molecular weight is 430 g/mol. The summed E-state index contributed by atoms with van der Waals surface area (Å²) in [5.41, 5.74) is 2.32. The number of hydrazone groups is 1. The molecular formula is C22H24ClN3O4. The molecule has 30 heavy (non-hydrogen) atoms. The number of rotatable bonds is 7. The van der Waals surface area contributed by atoms with Crippen LogP contribution in [0.2, 0.25) is 5.02 Å². The fraction of sp³-hybridized carbons (Fsp3) is 0.318. The summed E-state index contributed by atoms with van der Waals surface area (Å²) in [6.07, 6.45) is 0.478. The second kappa shape index (κ2) is 9.73. The topological polar surface area (TPSA) is 71.4 Å². The largest absolute Gasteiger partial charge is 0.496 e. The molecule has 7 nitrogen and oxygen atoms in total. The van der Waals surface area contributed by atoms with Crippen molar-refractivity contribution < 1.29 is 19.1 Å². The van der Waals surface area contributed by atoms with Crippen LogP contribution >= 0.6 is 11.6 Å². The molecule has 0 radical (unpaired) electrons. The summed E-state index contributed by atoms with van der Waals surface area (Å²) in [5.74, 6) is 0.0776. The Bertz CT molecular complexity index is 963. The first kappa shape index (κ1) is 21.8. The Morgan fingerprint density at radius 3 is 2.57 bits per heavy atom. The molecular weight excluding hydrogens is 406 g/mol. The zero-order valence-corrected chi connectivity index (χ0v) is 17.9. The van der Waals surface area contributed by atoms with E-state index in [-0.39, 0.29) is 31.0 Å². The van der Waals surface area contributed by atoms with Gasteiger partial charge >= 0.3 is 0 Å². The van der Waals surface area contributed by atoms with Crippen LogP contribution in [0.5, 0.6) is 5.75 Å². The third kappa shape index (κ3) is 4.63. The predicted molar refractivity (Wildman–Crippen MR) is 115 cm³/mol. The normalized spacial score (nSPS) is 15.7. The van der Waals surface area contributed by atoms with Gasteiger partial charge in [0, 0.05) is 36.7 Å². The van der Waals surface area contributed by atoms with E-state index in [4.69, 9.17) is 21.1 Å². The van der Waals surface area contributed by atoms with Gasteiger partial charge in [-0.25, -0.2) is 5.01 Å². The molecule has 0 spiro atoms. The number of para-hydroxylation sites is 1. The molecule has 0 saturated carbocycles. The van der Waals surface area contributed by atoms with Crippen LogP contribution < -0.4 is 4.74 Å². The highest BCUT2D eigenvalue weighted by Crippen LogP contribution is 2.38. The van der Waals surface area contributed by atoms with Crippen molar-refractivity contribution in [1.29, 1.82) is 0 Å². The summed E-state index contributed by atoms with van der Waals surface area (Å²) in [4.78, 5) is 26.5. The second-order valence-electron chi connectivity index (χ2n) is 6.91. The van der Waals surface area contributed by atoms with Crippen LogP contribution in [0.3, 0.4) is 0 Å². The van der Waals surface area contributed by atoms with Crippen molar-refractivity contribution in [3.63, 3.8) is 0 Å². The van der Waals surface area contributed by atoms with Gasteiger partial charge in [-0.1, -0.05) is 48.0 Å². The first-order valence-electron chi connectivity index (χ1n) is 9.46. The van der Waals surface area contributed by atoms with Crippen LogP contribution in [-0.4, -0.2) is 61.9 Å². The molecule has 1 aliphatic heterocycles. The van der Waals surface area contributed by atoms with Gasteiger partial charge in [0.15, 0.2) is 0 Å². The summed E-state index contributed by atoms with van der Waals surface area (Å²) < 4.78 is 10.4. The summed E-state index contributed by atoms with van der Waals surface area (Å²) in [7, 11) is 4.59. The molecule has 1 aliphatic rings. The van der Waals surface area contributed by atoms with E-state index >= 15 is 0 Å². The summed E-state index contributed by atoms with van der Waals surface area (Å²) in [6, 6.07) is 14.5. The highest BCUT2D eigenvalue weighted by molar-refractivity contribution is 6.34. The molecule has 0 fully saturated rings.